The van der Waals surface area contributed by atoms with E-state index in [4.69, 9.17) is 5.11 Å². The Balaban J connectivity index is 1.36. The Kier molecular flexibility index (Phi) is 8.44. The molecule has 41 heavy (non-hydrogen) atoms. The molecular formula is C38H64O3. The van der Waals surface area contributed by atoms with Gasteiger partial charge in [-0.05, 0) is 127 Å². The van der Waals surface area contributed by atoms with E-state index in [1.54, 1.807) is 0 Å². The second-order valence-corrected chi connectivity index (χ2v) is 18.0. The molecular weight excluding hydrogens is 504 g/mol. The lowest BCUT2D eigenvalue weighted by molar-refractivity contribution is -0.203. The molecule has 0 spiro atoms. The number of carboxylic acids is 1. The Morgan fingerprint density at radius 1 is 0.805 bits per heavy atom. The van der Waals surface area contributed by atoms with Crippen LogP contribution in [0.5, 0.6) is 0 Å². The molecule has 4 saturated carbocycles. The predicted octanol–water partition coefficient (Wildman–Crippen LogP) is 10.4. The summed E-state index contributed by atoms with van der Waals surface area (Å²) in [6.07, 6.45) is 24.3. The van der Waals surface area contributed by atoms with Gasteiger partial charge in [0.25, 0.3) is 0 Å². The van der Waals surface area contributed by atoms with Crippen LogP contribution in [-0.4, -0.2) is 22.3 Å². The van der Waals surface area contributed by atoms with Gasteiger partial charge in [-0.2, -0.15) is 0 Å². The van der Waals surface area contributed by atoms with Crippen molar-refractivity contribution in [1.29, 1.82) is 0 Å². The van der Waals surface area contributed by atoms with E-state index >= 15 is 0 Å². The number of hydrogen-bond donors (Lipinski definition) is 2. The molecule has 0 aromatic rings. The Labute approximate surface area is 252 Å². The molecule has 0 aliphatic heterocycles. The van der Waals surface area contributed by atoms with Crippen LogP contribution in [0.15, 0.2) is 11.6 Å². The van der Waals surface area contributed by atoms with Crippen molar-refractivity contribution < 1.29 is 15.0 Å². The van der Waals surface area contributed by atoms with E-state index in [1.807, 2.05) is 5.57 Å². The molecule has 2 N–H and O–H groups in total. The summed E-state index contributed by atoms with van der Waals surface area (Å²) in [6, 6.07) is 0. The minimum atomic E-state index is -0.652. The summed E-state index contributed by atoms with van der Waals surface area (Å²) in [5, 5.41) is 19.9. The van der Waals surface area contributed by atoms with Crippen LogP contribution in [0.1, 0.15) is 164 Å². The zero-order valence-electron chi connectivity index (χ0n) is 27.9. The zero-order valence-corrected chi connectivity index (χ0v) is 27.9. The van der Waals surface area contributed by atoms with Crippen molar-refractivity contribution in [2.24, 2.45) is 50.2 Å². The highest BCUT2D eigenvalue weighted by Crippen LogP contribution is 2.76. The molecule has 0 aromatic carbocycles. The Hall–Kier alpha value is -0.830. The molecule has 3 nitrogen and oxygen atoms in total. The second kappa shape index (κ2) is 11.0. The monoisotopic (exact) mass is 568 g/mol. The van der Waals surface area contributed by atoms with Crippen LogP contribution in [0.25, 0.3) is 0 Å². The first kappa shape index (κ1) is 31.6. The lowest BCUT2D eigenvalue weighted by Crippen LogP contribution is -2.64. The first-order chi connectivity index (χ1) is 19.1. The van der Waals surface area contributed by atoms with Crippen LogP contribution in [-0.2, 0) is 4.79 Å². The van der Waals surface area contributed by atoms with Crippen molar-refractivity contribution in [3.8, 4) is 0 Å². The van der Waals surface area contributed by atoms with Crippen LogP contribution < -0.4 is 0 Å². The van der Waals surface area contributed by atoms with Gasteiger partial charge in [-0.3, -0.25) is 4.79 Å². The number of carboxylic acid groups (broad SMARTS) is 1. The zero-order chi connectivity index (χ0) is 29.9. The SMILES string of the molecule is CC1(C)CC[C@]2(CCCCCCCCC(=O)O)CC[C@]3(C)C(=CC[C@@H]4[C@@]5(C)CC[C@H](O)C(C)(C)[C@@H]5CC[C@]43C)[C@@H]2C1. The Morgan fingerprint density at radius 2 is 1.46 bits per heavy atom. The van der Waals surface area contributed by atoms with Gasteiger partial charge in [0.1, 0.15) is 0 Å². The van der Waals surface area contributed by atoms with Gasteiger partial charge in [-0.25, -0.2) is 0 Å². The Morgan fingerprint density at radius 3 is 2.17 bits per heavy atom. The number of unbranched alkanes of at least 4 members (excludes halogenated alkanes) is 5. The smallest absolute Gasteiger partial charge is 0.303 e. The molecule has 0 bridgehead atoms. The van der Waals surface area contributed by atoms with Gasteiger partial charge >= 0.3 is 5.97 Å². The van der Waals surface area contributed by atoms with E-state index in [0.717, 1.165) is 31.1 Å². The van der Waals surface area contributed by atoms with Gasteiger partial charge in [0.2, 0.25) is 0 Å². The number of aliphatic carboxylic acids is 1. The van der Waals surface area contributed by atoms with Gasteiger partial charge < -0.3 is 10.2 Å². The van der Waals surface area contributed by atoms with E-state index in [9.17, 15) is 9.90 Å². The highest BCUT2D eigenvalue weighted by Gasteiger charge is 2.68. The fourth-order valence-corrected chi connectivity index (χ4v) is 12.2. The molecule has 0 heterocycles. The highest BCUT2D eigenvalue weighted by atomic mass is 16.4. The first-order valence-electron chi connectivity index (χ1n) is 17.7. The summed E-state index contributed by atoms with van der Waals surface area (Å²) in [7, 11) is 0. The second-order valence-electron chi connectivity index (χ2n) is 18.0. The number of hydrogen-bond acceptors (Lipinski definition) is 2. The van der Waals surface area contributed by atoms with Crippen molar-refractivity contribution in [3.05, 3.63) is 11.6 Å². The average Bonchev–Trinajstić information content (AvgIpc) is 2.88. The molecule has 0 unspecified atom stereocenters. The maximum absolute atomic E-state index is 11.0. The van der Waals surface area contributed by atoms with E-state index in [-0.39, 0.29) is 11.5 Å². The maximum atomic E-state index is 11.0. The molecule has 5 aliphatic carbocycles. The van der Waals surface area contributed by atoms with Crippen molar-refractivity contribution in [2.45, 2.75) is 170 Å². The number of carbonyl (C=O) groups is 1. The van der Waals surface area contributed by atoms with E-state index < -0.39 is 5.97 Å². The average molecular weight is 569 g/mol. The van der Waals surface area contributed by atoms with E-state index in [0.29, 0.717) is 39.4 Å². The lowest BCUT2D eigenvalue weighted by Gasteiger charge is -2.71. The summed E-state index contributed by atoms with van der Waals surface area (Å²) in [6.45, 7) is 17.9. The molecule has 234 valence electrons. The molecule has 5 rings (SSSR count). The summed E-state index contributed by atoms with van der Waals surface area (Å²) in [5.41, 5.74) is 3.80. The molecule has 8 atom stereocenters. The number of aliphatic hydroxyl groups is 1. The van der Waals surface area contributed by atoms with Gasteiger partial charge in [0, 0.05) is 6.42 Å². The summed E-state index contributed by atoms with van der Waals surface area (Å²) in [4.78, 5) is 10.8. The van der Waals surface area contributed by atoms with Crippen molar-refractivity contribution >= 4 is 5.97 Å². The normalized spacial score (nSPS) is 44.5. The molecule has 0 radical (unpaired) electrons. The molecule has 4 fully saturated rings. The van der Waals surface area contributed by atoms with Crippen molar-refractivity contribution in [1.82, 2.24) is 0 Å². The van der Waals surface area contributed by atoms with Crippen LogP contribution in [0.4, 0.5) is 0 Å². The highest BCUT2D eigenvalue weighted by molar-refractivity contribution is 5.66. The first-order valence-corrected chi connectivity index (χ1v) is 17.7. The fraction of sp³-hybridized carbons (Fsp3) is 0.921. The fourth-order valence-electron chi connectivity index (χ4n) is 12.2. The largest absolute Gasteiger partial charge is 0.481 e. The third-order valence-electron chi connectivity index (χ3n) is 15.1. The number of aliphatic hydroxyl groups excluding tert-OH is 1. The number of allylic oxidation sites excluding steroid dienone is 2. The lowest BCUT2D eigenvalue weighted by atomic mass is 9.33. The Bertz CT molecular complexity index is 1010. The summed E-state index contributed by atoms with van der Waals surface area (Å²) in [5.74, 6) is 1.43. The number of rotatable bonds is 9. The van der Waals surface area contributed by atoms with Gasteiger partial charge in [-0.15, -0.1) is 0 Å². The summed E-state index contributed by atoms with van der Waals surface area (Å²) < 4.78 is 0. The predicted molar refractivity (Wildman–Crippen MR) is 170 cm³/mol. The number of fused-ring (bicyclic) bond motifs is 7. The van der Waals surface area contributed by atoms with Crippen LogP contribution in [0.3, 0.4) is 0 Å². The van der Waals surface area contributed by atoms with Gasteiger partial charge in [0.15, 0.2) is 0 Å². The minimum absolute atomic E-state index is 0.0184. The van der Waals surface area contributed by atoms with Gasteiger partial charge in [0.05, 0.1) is 6.10 Å². The van der Waals surface area contributed by atoms with Crippen LogP contribution >= 0.6 is 0 Å². The summed E-state index contributed by atoms with van der Waals surface area (Å²) >= 11 is 0. The third-order valence-corrected chi connectivity index (χ3v) is 15.1. The van der Waals surface area contributed by atoms with E-state index in [1.165, 1.54) is 89.9 Å². The molecule has 0 amide bonds. The van der Waals surface area contributed by atoms with E-state index in [2.05, 4.69) is 54.5 Å². The molecule has 3 heteroatoms. The molecule has 5 aliphatic rings. The van der Waals surface area contributed by atoms with Crippen LogP contribution in [0.2, 0.25) is 0 Å². The third kappa shape index (κ3) is 5.18. The van der Waals surface area contributed by atoms with Gasteiger partial charge in [-0.1, -0.05) is 92.2 Å². The standard InChI is InChI=1S/C38H64O3/c1-33(2)22-24-38(19-13-11-9-8-10-12-14-32(40)41)25-23-36(6)27(28(38)26-33)15-16-30-35(5)20-18-31(39)34(3,4)29(35)17-21-37(30,36)7/h15,28-31,39H,8-14,16-26H2,1-7H3,(H,40,41)/t28-,29-,30+,31-,35-,36+,37+,38+/m0/s1. The van der Waals surface area contributed by atoms with Crippen molar-refractivity contribution in [3.63, 3.8) is 0 Å². The molecule has 0 saturated heterocycles. The quantitative estimate of drug-likeness (QED) is 0.215. The minimum Gasteiger partial charge on any atom is -0.481 e. The van der Waals surface area contributed by atoms with Crippen LogP contribution in [0, 0.1) is 50.2 Å². The molecule has 0 aromatic heterocycles. The van der Waals surface area contributed by atoms with Crippen molar-refractivity contribution in [2.75, 3.05) is 0 Å². The topological polar surface area (TPSA) is 57.5 Å². The maximum Gasteiger partial charge on any atom is 0.303 e.